The highest BCUT2D eigenvalue weighted by molar-refractivity contribution is 6.11. The van der Waals surface area contributed by atoms with Crippen molar-refractivity contribution >= 4 is 11.6 Å². The van der Waals surface area contributed by atoms with Crippen LogP contribution in [0.15, 0.2) is 84.9 Å². The summed E-state index contributed by atoms with van der Waals surface area (Å²) in [5.41, 5.74) is 2.71. The number of carbonyl (C=O) groups excluding carboxylic acids is 1. The Hall–Kier alpha value is -2.91. The second-order valence-corrected chi connectivity index (χ2v) is 6.17. The van der Waals surface area contributed by atoms with Gasteiger partial charge in [-0.1, -0.05) is 66.7 Å². The van der Waals surface area contributed by atoms with Crippen LogP contribution in [-0.2, 0) is 16.9 Å². The van der Waals surface area contributed by atoms with Crippen LogP contribution in [0.3, 0.4) is 0 Å². The Bertz CT molecular complexity index is 892. The molecule has 0 aliphatic carbocycles. The van der Waals surface area contributed by atoms with E-state index in [-0.39, 0.29) is 5.91 Å². The van der Waals surface area contributed by atoms with Gasteiger partial charge >= 0.3 is 0 Å². The first-order valence-electron chi connectivity index (χ1n) is 8.34. The molecule has 1 unspecified atom stereocenters. The second kappa shape index (κ2) is 6.19. The molecule has 1 atom stereocenters. The molecular formula is C22H19NO2. The monoisotopic (exact) mass is 329 g/mol. The van der Waals surface area contributed by atoms with Gasteiger partial charge in [0, 0.05) is 30.3 Å². The number of methoxy groups -OCH3 is 1. The molecule has 124 valence electrons. The number of rotatable bonds is 4. The molecule has 25 heavy (non-hydrogen) atoms. The number of hydrogen-bond donors (Lipinski definition) is 0. The summed E-state index contributed by atoms with van der Waals surface area (Å²) in [5.74, 6) is -0.0282. The molecule has 0 aromatic heterocycles. The van der Waals surface area contributed by atoms with Crippen molar-refractivity contribution < 1.29 is 9.53 Å². The van der Waals surface area contributed by atoms with Crippen LogP contribution in [0.5, 0.6) is 0 Å². The summed E-state index contributed by atoms with van der Waals surface area (Å²) in [6.45, 7) is 0. The van der Waals surface area contributed by atoms with Crippen molar-refractivity contribution in [2.45, 2.75) is 12.1 Å². The summed E-state index contributed by atoms with van der Waals surface area (Å²) in [5, 5.41) is 0. The smallest absolute Gasteiger partial charge is 0.261 e. The Balaban J connectivity index is 1.91. The molecular weight excluding hydrogens is 310 g/mol. The minimum atomic E-state index is -0.851. The Labute approximate surface area is 147 Å². The van der Waals surface area contributed by atoms with E-state index in [2.05, 4.69) is 12.1 Å². The Morgan fingerprint density at radius 3 is 2.12 bits per heavy atom. The lowest BCUT2D eigenvalue weighted by Crippen LogP contribution is -2.47. The SMILES string of the molecule is COC1(Cc2ccccc2)c2ccccc2C(=O)N1c1ccccc1. The van der Waals surface area contributed by atoms with Gasteiger partial charge in [0.1, 0.15) is 0 Å². The van der Waals surface area contributed by atoms with E-state index < -0.39 is 5.72 Å². The molecule has 3 aromatic carbocycles. The highest BCUT2D eigenvalue weighted by Gasteiger charge is 2.50. The first-order chi connectivity index (χ1) is 12.3. The highest BCUT2D eigenvalue weighted by Crippen LogP contribution is 2.44. The lowest BCUT2D eigenvalue weighted by Gasteiger charge is -2.38. The van der Waals surface area contributed by atoms with E-state index in [9.17, 15) is 4.79 Å². The van der Waals surface area contributed by atoms with Crippen LogP contribution in [0.1, 0.15) is 21.5 Å². The van der Waals surface area contributed by atoms with Gasteiger partial charge in [-0.3, -0.25) is 9.69 Å². The van der Waals surface area contributed by atoms with Crippen LogP contribution in [-0.4, -0.2) is 13.0 Å². The van der Waals surface area contributed by atoms with Gasteiger partial charge in [0.05, 0.1) is 0 Å². The molecule has 1 amide bonds. The number of fused-ring (bicyclic) bond motifs is 1. The molecule has 1 heterocycles. The van der Waals surface area contributed by atoms with E-state index in [1.54, 1.807) is 12.0 Å². The maximum atomic E-state index is 13.2. The molecule has 0 bridgehead atoms. The number of benzene rings is 3. The van der Waals surface area contributed by atoms with Crippen LogP contribution in [0, 0.1) is 0 Å². The molecule has 0 radical (unpaired) electrons. The zero-order valence-electron chi connectivity index (χ0n) is 14.1. The van der Waals surface area contributed by atoms with E-state index in [4.69, 9.17) is 4.74 Å². The Kier molecular flexibility index (Phi) is 3.86. The van der Waals surface area contributed by atoms with E-state index in [0.29, 0.717) is 12.0 Å². The number of carbonyl (C=O) groups is 1. The van der Waals surface area contributed by atoms with Gasteiger partial charge in [0.15, 0.2) is 5.72 Å². The number of para-hydroxylation sites is 1. The average Bonchev–Trinajstić information content (AvgIpc) is 2.92. The normalized spacial score (nSPS) is 19.1. The lowest BCUT2D eigenvalue weighted by molar-refractivity contribution is -0.00799. The first-order valence-corrected chi connectivity index (χ1v) is 8.34. The molecule has 1 aliphatic rings. The van der Waals surface area contributed by atoms with E-state index >= 15 is 0 Å². The minimum absolute atomic E-state index is 0.0282. The summed E-state index contributed by atoms with van der Waals surface area (Å²) >= 11 is 0. The third-order valence-corrected chi connectivity index (χ3v) is 4.78. The predicted octanol–water partition coefficient (Wildman–Crippen LogP) is 4.39. The Morgan fingerprint density at radius 1 is 0.840 bits per heavy atom. The van der Waals surface area contributed by atoms with E-state index in [0.717, 1.165) is 16.8 Å². The van der Waals surface area contributed by atoms with Gasteiger partial charge in [0.2, 0.25) is 0 Å². The van der Waals surface area contributed by atoms with Crippen LogP contribution in [0.4, 0.5) is 5.69 Å². The third-order valence-electron chi connectivity index (χ3n) is 4.78. The van der Waals surface area contributed by atoms with Crippen molar-refractivity contribution in [2.75, 3.05) is 12.0 Å². The maximum Gasteiger partial charge on any atom is 0.261 e. The highest BCUT2D eigenvalue weighted by atomic mass is 16.5. The summed E-state index contributed by atoms with van der Waals surface area (Å²) in [6.07, 6.45) is 0.585. The van der Waals surface area contributed by atoms with Crippen LogP contribution in [0.2, 0.25) is 0 Å². The number of nitrogens with zero attached hydrogens (tertiary/aromatic N) is 1. The van der Waals surface area contributed by atoms with Crippen molar-refractivity contribution in [3.05, 3.63) is 102 Å². The molecule has 1 aliphatic heterocycles. The summed E-state index contributed by atoms with van der Waals surface area (Å²) in [4.78, 5) is 15.0. The predicted molar refractivity (Wildman–Crippen MR) is 98.5 cm³/mol. The fourth-order valence-electron chi connectivity index (χ4n) is 3.64. The van der Waals surface area contributed by atoms with Crippen molar-refractivity contribution in [2.24, 2.45) is 0 Å². The number of amides is 1. The van der Waals surface area contributed by atoms with Gasteiger partial charge in [-0.15, -0.1) is 0 Å². The van der Waals surface area contributed by atoms with Crippen LogP contribution >= 0.6 is 0 Å². The molecule has 3 nitrogen and oxygen atoms in total. The summed E-state index contributed by atoms with van der Waals surface area (Å²) < 4.78 is 6.07. The zero-order valence-corrected chi connectivity index (χ0v) is 14.1. The van der Waals surface area contributed by atoms with Crippen molar-refractivity contribution in [1.29, 1.82) is 0 Å². The van der Waals surface area contributed by atoms with Crippen molar-refractivity contribution in [3.63, 3.8) is 0 Å². The number of hydrogen-bond acceptors (Lipinski definition) is 2. The number of anilines is 1. The fraction of sp³-hybridized carbons (Fsp3) is 0.136. The maximum absolute atomic E-state index is 13.2. The molecule has 3 heteroatoms. The standard InChI is InChI=1S/C22H19NO2/c1-25-22(16-17-10-4-2-5-11-17)20-15-9-8-14-19(20)21(24)23(22)18-12-6-3-7-13-18/h2-15H,16H2,1H3. The molecule has 0 N–H and O–H groups in total. The fourth-order valence-corrected chi connectivity index (χ4v) is 3.64. The summed E-state index contributed by atoms with van der Waals surface area (Å²) in [7, 11) is 1.67. The van der Waals surface area contributed by atoms with Gasteiger partial charge < -0.3 is 4.74 Å². The lowest BCUT2D eigenvalue weighted by atomic mass is 9.93. The molecule has 0 saturated heterocycles. The molecule has 3 aromatic rings. The molecule has 0 spiro atoms. The summed E-state index contributed by atoms with van der Waals surface area (Å²) in [6, 6.07) is 27.6. The molecule has 0 saturated carbocycles. The van der Waals surface area contributed by atoms with Gasteiger partial charge in [-0.05, 0) is 23.8 Å². The first kappa shape index (κ1) is 15.6. The largest absolute Gasteiger partial charge is 0.354 e. The quantitative estimate of drug-likeness (QED) is 0.710. The van der Waals surface area contributed by atoms with Crippen LogP contribution in [0.25, 0.3) is 0 Å². The van der Waals surface area contributed by atoms with Crippen molar-refractivity contribution in [1.82, 2.24) is 0 Å². The zero-order chi connectivity index (χ0) is 17.3. The molecule has 4 rings (SSSR count). The van der Waals surface area contributed by atoms with E-state index in [1.165, 1.54) is 0 Å². The van der Waals surface area contributed by atoms with Gasteiger partial charge in [-0.25, -0.2) is 0 Å². The van der Waals surface area contributed by atoms with Crippen LogP contribution < -0.4 is 4.90 Å². The average molecular weight is 329 g/mol. The van der Waals surface area contributed by atoms with Gasteiger partial charge in [0.25, 0.3) is 5.91 Å². The Morgan fingerprint density at radius 2 is 1.44 bits per heavy atom. The third kappa shape index (κ3) is 2.44. The molecule has 0 fully saturated rings. The van der Waals surface area contributed by atoms with E-state index in [1.807, 2.05) is 72.8 Å². The number of ether oxygens (including phenoxy) is 1. The van der Waals surface area contributed by atoms with Crippen molar-refractivity contribution in [3.8, 4) is 0 Å². The topological polar surface area (TPSA) is 29.5 Å². The van der Waals surface area contributed by atoms with Gasteiger partial charge in [-0.2, -0.15) is 0 Å². The minimum Gasteiger partial charge on any atom is -0.354 e. The second-order valence-electron chi connectivity index (χ2n) is 6.17.